The van der Waals surface area contributed by atoms with E-state index in [-0.39, 0.29) is 12.1 Å². The smallest absolute Gasteiger partial charge is 0.311 e. The monoisotopic (exact) mass is 279 g/mol. The lowest BCUT2D eigenvalue weighted by Gasteiger charge is -2.27. The van der Waals surface area contributed by atoms with E-state index in [4.69, 9.17) is 4.74 Å². The molecule has 1 aliphatic carbocycles. The molecule has 20 heavy (non-hydrogen) atoms. The Morgan fingerprint density at radius 3 is 3.00 bits per heavy atom. The third-order valence-electron chi connectivity index (χ3n) is 3.74. The molecule has 0 saturated heterocycles. The number of anilines is 1. The van der Waals surface area contributed by atoms with Crippen molar-refractivity contribution in [2.75, 3.05) is 5.32 Å². The number of nitrogens with zero attached hydrogens (tertiary/aromatic N) is 2. The molecule has 1 aromatic rings. The molecule has 1 fully saturated rings. The van der Waals surface area contributed by atoms with Crippen LogP contribution in [-0.2, 0) is 4.79 Å². The number of carbonyl (C=O) groups is 1. The SMILES string of the molecule is CC(C)Oc1ccnc(NC2CCCC2(C)C(=O)O)n1. The van der Waals surface area contributed by atoms with Crippen LogP contribution in [0.3, 0.4) is 0 Å². The lowest BCUT2D eigenvalue weighted by atomic mass is 9.85. The van der Waals surface area contributed by atoms with Gasteiger partial charge in [0.25, 0.3) is 0 Å². The summed E-state index contributed by atoms with van der Waals surface area (Å²) in [5, 5.41) is 12.5. The molecule has 2 rings (SSSR count). The third kappa shape index (κ3) is 3.00. The van der Waals surface area contributed by atoms with Gasteiger partial charge in [-0.3, -0.25) is 4.79 Å². The first kappa shape index (κ1) is 14.6. The van der Waals surface area contributed by atoms with Crippen molar-refractivity contribution in [2.24, 2.45) is 5.41 Å². The second-order valence-electron chi connectivity index (χ2n) is 5.70. The van der Waals surface area contributed by atoms with Crippen molar-refractivity contribution in [1.29, 1.82) is 0 Å². The molecule has 2 atom stereocenters. The zero-order valence-corrected chi connectivity index (χ0v) is 12.1. The van der Waals surface area contributed by atoms with Gasteiger partial charge < -0.3 is 15.2 Å². The van der Waals surface area contributed by atoms with Gasteiger partial charge in [-0.2, -0.15) is 4.98 Å². The first-order valence-corrected chi connectivity index (χ1v) is 6.91. The van der Waals surface area contributed by atoms with Crippen molar-refractivity contribution in [2.45, 2.75) is 52.2 Å². The molecule has 1 heterocycles. The Bertz CT molecular complexity index is 492. The van der Waals surface area contributed by atoms with Crippen LogP contribution in [0.4, 0.5) is 5.95 Å². The van der Waals surface area contributed by atoms with Gasteiger partial charge in [-0.05, 0) is 33.6 Å². The maximum atomic E-state index is 11.4. The van der Waals surface area contributed by atoms with Gasteiger partial charge in [-0.15, -0.1) is 0 Å². The highest BCUT2D eigenvalue weighted by atomic mass is 16.5. The van der Waals surface area contributed by atoms with E-state index < -0.39 is 11.4 Å². The summed E-state index contributed by atoms with van der Waals surface area (Å²) in [6.07, 6.45) is 4.01. The largest absolute Gasteiger partial charge is 0.481 e. The second-order valence-corrected chi connectivity index (χ2v) is 5.70. The molecule has 2 unspecified atom stereocenters. The van der Waals surface area contributed by atoms with E-state index in [0.717, 1.165) is 12.8 Å². The predicted molar refractivity (Wildman–Crippen MR) is 74.8 cm³/mol. The Kier molecular flexibility index (Phi) is 4.11. The molecular weight excluding hydrogens is 258 g/mol. The van der Waals surface area contributed by atoms with Crippen LogP contribution in [0.1, 0.15) is 40.0 Å². The van der Waals surface area contributed by atoms with Crippen molar-refractivity contribution in [3.63, 3.8) is 0 Å². The molecule has 0 spiro atoms. The number of carboxylic acid groups (broad SMARTS) is 1. The third-order valence-corrected chi connectivity index (χ3v) is 3.74. The fourth-order valence-electron chi connectivity index (χ4n) is 2.53. The number of rotatable bonds is 5. The van der Waals surface area contributed by atoms with Crippen LogP contribution < -0.4 is 10.1 Å². The minimum absolute atomic E-state index is 0.0357. The van der Waals surface area contributed by atoms with E-state index in [2.05, 4.69) is 15.3 Å². The van der Waals surface area contributed by atoms with Crippen LogP contribution >= 0.6 is 0 Å². The Balaban J connectivity index is 2.11. The molecule has 0 amide bonds. The van der Waals surface area contributed by atoms with Crippen molar-refractivity contribution >= 4 is 11.9 Å². The number of carboxylic acids is 1. The predicted octanol–water partition coefficient (Wildman–Crippen LogP) is 2.32. The Morgan fingerprint density at radius 2 is 2.35 bits per heavy atom. The van der Waals surface area contributed by atoms with Gasteiger partial charge in [0.15, 0.2) is 0 Å². The van der Waals surface area contributed by atoms with Crippen LogP contribution in [0, 0.1) is 5.41 Å². The molecule has 0 aliphatic heterocycles. The Hall–Kier alpha value is -1.85. The molecule has 1 aliphatic rings. The molecule has 110 valence electrons. The van der Waals surface area contributed by atoms with Gasteiger partial charge in [0, 0.05) is 18.3 Å². The Morgan fingerprint density at radius 1 is 1.60 bits per heavy atom. The lowest BCUT2D eigenvalue weighted by molar-refractivity contribution is -0.147. The minimum atomic E-state index is -0.776. The quantitative estimate of drug-likeness (QED) is 0.860. The van der Waals surface area contributed by atoms with E-state index in [1.807, 2.05) is 13.8 Å². The minimum Gasteiger partial charge on any atom is -0.481 e. The molecular formula is C14H21N3O3. The zero-order valence-electron chi connectivity index (χ0n) is 12.1. The molecule has 0 bridgehead atoms. The fourth-order valence-corrected chi connectivity index (χ4v) is 2.53. The van der Waals surface area contributed by atoms with Crippen LogP contribution in [0.15, 0.2) is 12.3 Å². The number of aliphatic carboxylic acids is 1. The molecule has 1 saturated carbocycles. The number of nitrogens with one attached hydrogen (secondary N) is 1. The average molecular weight is 279 g/mol. The molecule has 2 N–H and O–H groups in total. The highest BCUT2D eigenvalue weighted by Gasteiger charge is 2.45. The van der Waals surface area contributed by atoms with Gasteiger partial charge in [0.05, 0.1) is 11.5 Å². The van der Waals surface area contributed by atoms with E-state index in [9.17, 15) is 9.90 Å². The summed E-state index contributed by atoms with van der Waals surface area (Å²) in [5.74, 6) is 0.136. The summed E-state index contributed by atoms with van der Waals surface area (Å²) in [4.78, 5) is 19.8. The van der Waals surface area contributed by atoms with Crippen LogP contribution in [-0.4, -0.2) is 33.2 Å². The van der Waals surface area contributed by atoms with E-state index in [1.54, 1.807) is 19.2 Å². The molecule has 1 aromatic heterocycles. The highest BCUT2D eigenvalue weighted by Crippen LogP contribution is 2.39. The van der Waals surface area contributed by atoms with Gasteiger partial charge in [-0.25, -0.2) is 4.98 Å². The maximum Gasteiger partial charge on any atom is 0.311 e. The molecule has 6 heteroatoms. The maximum absolute atomic E-state index is 11.4. The van der Waals surface area contributed by atoms with E-state index in [0.29, 0.717) is 18.2 Å². The molecule has 6 nitrogen and oxygen atoms in total. The summed E-state index contributed by atoms with van der Waals surface area (Å²) < 4.78 is 5.51. The number of ether oxygens (including phenoxy) is 1. The standard InChI is InChI=1S/C14H21N3O3/c1-9(2)20-11-6-8-15-13(17-11)16-10-5-4-7-14(10,3)12(18)19/h6,8-10H,4-5,7H2,1-3H3,(H,18,19)(H,15,16,17). The van der Waals surface area contributed by atoms with Gasteiger partial charge >= 0.3 is 5.97 Å². The van der Waals surface area contributed by atoms with Gasteiger partial charge in [0.2, 0.25) is 11.8 Å². The zero-order chi connectivity index (χ0) is 14.8. The second kappa shape index (κ2) is 5.64. The lowest BCUT2D eigenvalue weighted by Crippen LogP contribution is -2.40. The topological polar surface area (TPSA) is 84.3 Å². The summed E-state index contributed by atoms with van der Waals surface area (Å²) in [6.45, 7) is 5.62. The highest BCUT2D eigenvalue weighted by molar-refractivity contribution is 5.76. The first-order valence-electron chi connectivity index (χ1n) is 6.91. The van der Waals surface area contributed by atoms with Crippen LogP contribution in [0.25, 0.3) is 0 Å². The summed E-state index contributed by atoms with van der Waals surface area (Å²) in [5.41, 5.74) is -0.766. The normalized spacial score (nSPS) is 25.7. The van der Waals surface area contributed by atoms with Crippen molar-refractivity contribution in [1.82, 2.24) is 9.97 Å². The van der Waals surface area contributed by atoms with Crippen LogP contribution in [0.2, 0.25) is 0 Å². The fraction of sp³-hybridized carbons (Fsp3) is 0.643. The van der Waals surface area contributed by atoms with Gasteiger partial charge in [0.1, 0.15) is 0 Å². The summed E-state index contributed by atoms with van der Waals surface area (Å²) >= 11 is 0. The Labute approximate surface area is 118 Å². The van der Waals surface area contributed by atoms with Crippen molar-refractivity contribution in [3.8, 4) is 5.88 Å². The van der Waals surface area contributed by atoms with E-state index in [1.165, 1.54) is 0 Å². The summed E-state index contributed by atoms with van der Waals surface area (Å²) in [6, 6.07) is 1.53. The van der Waals surface area contributed by atoms with Gasteiger partial charge in [-0.1, -0.05) is 6.42 Å². The number of hydrogen-bond acceptors (Lipinski definition) is 5. The van der Waals surface area contributed by atoms with E-state index >= 15 is 0 Å². The first-order chi connectivity index (χ1) is 9.41. The van der Waals surface area contributed by atoms with Crippen molar-refractivity contribution < 1.29 is 14.6 Å². The number of hydrogen-bond donors (Lipinski definition) is 2. The molecule has 0 aromatic carbocycles. The summed E-state index contributed by atoms with van der Waals surface area (Å²) in [7, 11) is 0. The van der Waals surface area contributed by atoms with Crippen molar-refractivity contribution in [3.05, 3.63) is 12.3 Å². The average Bonchev–Trinajstić information content (AvgIpc) is 2.72. The van der Waals surface area contributed by atoms with Crippen LogP contribution in [0.5, 0.6) is 5.88 Å². The number of aromatic nitrogens is 2. The molecule has 0 radical (unpaired) electrons.